The summed E-state index contributed by atoms with van der Waals surface area (Å²) < 4.78 is 2.24. The summed E-state index contributed by atoms with van der Waals surface area (Å²) in [6, 6.07) is 0. The van der Waals surface area contributed by atoms with Gasteiger partial charge in [-0.05, 0) is 40.5 Å². The standard InChI is InChI=1S/C19H23N5OS/c1-11-10-26-19-17(22-14(4)24(11)19)15-5-7-23(8-6-15)18(25)16-9-20-13(3)21-12(16)2/h9-10,15H,5-8H2,1-4H3. The topological polar surface area (TPSA) is 63.4 Å². The van der Waals surface area contributed by atoms with Gasteiger partial charge in [0.15, 0.2) is 0 Å². The van der Waals surface area contributed by atoms with E-state index in [2.05, 4.69) is 33.6 Å². The molecule has 136 valence electrons. The maximum Gasteiger partial charge on any atom is 0.257 e. The SMILES string of the molecule is Cc1ncc(C(=O)N2CCC(c3nc(C)n4c(C)csc34)CC2)c(C)n1. The Balaban J connectivity index is 1.51. The summed E-state index contributed by atoms with van der Waals surface area (Å²) in [5.74, 6) is 2.21. The van der Waals surface area contributed by atoms with Crippen LogP contribution in [0.5, 0.6) is 0 Å². The van der Waals surface area contributed by atoms with E-state index < -0.39 is 0 Å². The maximum absolute atomic E-state index is 12.8. The molecule has 1 amide bonds. The minimum Gasteiger partial charge on any atom is -0.338 e. The Morgan fingerprint density at radius 1 is 1.15 bits per heavy atom. The van der Waals surface area contributed by atoms with Gasteiger partial charge in [-0.1, -0.05) is 0 Å². The van der Waals surface area contributed by atoms with Crippen molar-refractivity contribution in [2.45, 2.75) is 46.5 Å². The van der Waals surface area contributed by atoms with E-state index >= 15 is 0 Å². The Kier molecular flexibility index (Phi) is 4.26. The number of aromatic nitrogens is 4. The molecule has 1 fully saturated rings. The lowest BCUT2D eigenvalue weighted by molar-refractivity contribution is 0.0710. The number of nitrogens with zero attached hydrogens (tertiary/aromatic N) is 5. The van der Waals surface area contributed by atoms with Gasteiger partial charge < -0.3 is 4.90 Å². The summed E-state index contributed by atoms with van der Waals surface area (Å²) in [5, 5.41) is 2.19. The molecule has 1 aliphatic rings. The molecule has 0 atom stereocenters. The fourth-order valence-electron chi connectivity index (χ4n) is 3.84. The van der Waals surface area contributed by atoms with Gasteiger partial charge >= 0.3 is 0 Å². The van der Waals surface area contributed by atoms with Crippen LogP contribution in [0.1, 0.15) is 57.8 Å². The summed E-state index contributed by atoms with van der Waals surface area (Å²) in [4.78, 5) is 29.4. The van der Waals surface area contributed by atoms with Crippen molar-refractivity contribution in [3.8, 4) is 0 Å². The third-order valence-electron chi connectivity index (χ3n) is 5.22. The molecule has 0 aromatic carbocycles. The summed E-state index contributed by atoms with van der Waals surface area (Å²) >= 11 is 1.77. The van der Waals surface area contributed by atoms with Crippen molar-refractivity contribution in [1.82, 2.24) is 24.3 Å². The van der Waals surface area contributed by atoms with Gasteiger partial charge in [0.2, 0.25) is 0 Å². The summed E-state index contributed by atoms with van der Waals surface area (Å²) in [6.45, 7) is 9.40. The number of likely N-dealkylation sites (tertiary alicyclic amines) is 1. The highest BCUT2D eigenvalue weighted by molar-refractivity contribution is 7.15. The molecule has 4 rings (SSSR count). The van der Waals surface area contributed by atoms with Crippen LogP contribution in [0.3, 0.4) is 0 Å². The second-order valence-electron chi connectivity index (χ2n) is 7.04. The van der Waals surface area contributed by atoms with E-state index in [0.29, 0.717) is 17.3 Å². The zero-order valence-electron chi connectivity index (χ0n) is 15.6. The number of thiazole rings is 1. The number of hydrogen-bond donors (Lipinski definition) is 0. The van der Waals surface area contributed by atoms with E-state index in [1.807, 2.05) is 18.7 Å². The molecule has 0 N–H and O–H groups in total. The molecular weight excluding hydrogens is 346 g/mol. The van der Waals surface area contributed by atoms with E-state index in [9.17, 15) is 4.79 Å². The first-order valence-electron chi connectivity index (χ1n) is 8.98. The minimum atomic E-state index is 0.0408. The van der Waals surface area contributed by atoms with Gasteiger partial charge in [-0.2, -0.15) is 0 Å². The molecule has 0 spiro atoms. The zero-order valence-corrected chi connectivity index (χ0v) is 16.4. The lowest BCUT2D eigenvalue weighted by Crippen LogP contribution is -2.38. The Hall–Kier alpha value is -2.28. The first kappa shape index (κ1) is 17.1. The number of aryl methyl sites for hydroxylation is 4. The van der Waals surface area contributed by atoms with Crippen LogP contribution in [0, 0.1) is 27.7 Å². The van der Waals surface area contributed by atoms with Crippen molar-refractivity contribution in [3.63, 3.8) is 0 Å². The van der Waals surface area contributed by atoms with E-state index in [1.54, 1.807) is 17.5 Å². The first-order valence-corrected chi connectivity index (χ1v) is 9.86. The lowest BCUT2D eigenvalue weighted by Gasteiger charge is -2.31. The highest BCUT2D eigenvalue weighted by Gasteiger charge is 2.29. The van der Waals surface area contributed by atoms with Gasteiger partial charge in [-0.3, -0.25) is 9.20 Å². The normalized spacial score (nSPS) is 15.8. The average molecular weight is 369 g/mol. The van der Waals surface area contributed by atoms with Crippen molar-refractivity contribution in [2.75, 3.05) is 13.1 Å². The molecule has 26 heavy (non-hydrogen) atoms. The van der Waals surface area contributed by atoms with Gasteiger partial charge in [0.1, 0.15) is 16.5 Å². The highest BCUT2D eigenvalue weighted by Crippen LogP contribution is 2.34. The molecule has 0 unspecified atom stereocenters. The zero-order chi connectivity index (χ0) is 18.4. The molecule has 3 aromatic rings. The second kappa shape index (κ2) is 6.46. The largest absolute Gasteiger partial charge is 0.338 e. The van der Waals surface area contributed by atoms with E-state index in [4.69, 9.17) is 4.98 Å². The van der Waals surface area contributed by atoms with Crippen LogP contribution in [-0.4, -0.2) is 43.2 Å². The van der Waals surface area contributed by atoms with Crippen molar-refractivity contribution in [1.29, 1.82) is 0 Å². The van der Waals surface area contributed by atoms with E-state index in [1.165, 1.54) is 16.2 Å². The Labute approximate surface area is 156 Å². The molecule has 0 saturated carbocycles. The number of piperidine rings is 1. The smallest absolute Gasteiger partial charge is 0.257 e. The predicted octanol–water partition coefficient (Wildman–Crippen LogP) is 3.44. The first-order chi connectivity index (χ1) is 12.5. The number of carbonyl (C=O) groups excluding carboxylic acids is 1. The van der Waals surface area contributed by atoms with Gasteiger partial charge in [-0.15, -0.1) is 11.3 Å². The fourth-order valence-corrected chi connectivity index (χ4v) is 4.94. The molecule has 6 nitrogen and oxygen atoms in total. The van der Waals surface area contributed by atoms with Crippen molar-refractivity contribution in [3.05, 3.63) is 45.9 Å². The van der Waals surface area contributed by atoms with Crippen LogP contribution in [0.15, 0.2) is 11.6 Å². The third-order valence-corrected chi connectivity index (χ3v) is 6.29. The number of hydrogen-bond acceptors (Lipinski definition) is 5. The average Bonchev–Trinajstić information content (AvgIpc) is 3.16. The molecule has 7 heteroatoms. The predicted molar refractivity (Wildman–Crippen MR) is 102 cm³/mol. The number of imidazole rings is 1. The van der Waals surface area contributed by atoms with Gasteiger partial charge in [-0.25, -0.2) is 15.0 Å². The molecule has 4 heterocycles. The quantitative estimate of drug-likeness (QED) is 0.694. The van der Waals surface area contributed by atoms with Crippen molar-refractivity contribution >= 4 is 22.1 Å². The van der Waals surface area contributed by atoms with Gasteiger partial charge in [0, 0.05) is 36.3 Å². The molecule has 1 aliphatic heterocycles. The van der Waals surface area contributed by atoms with Gasteiger partial charge in [0.25, 0.3) is 5.91 Å². The second-order valence-corrected chi connectivity index (χ2v) is 7.90. The number of rotatable bonds is 2. The summed E-state index contributed by atoms with van der Waals surface area (Å²) in [5.41, 5.74) is 3.81. The van der Waals surface area contributed by atoms with E-state index in [0.717, 1.165) is 37.4 Å². The van der Waals surface area contributed by atoms with Gasteiger partial charge in [0.05, 0.1) is 17.0 Å². The molecule has 1 saturated heterocycles. The van der Waals surface area contributed by atoms with Crippen LogP contribution in [-0.2, 0) is 0 Å². The van der Waals surface area contributed by atoms with Crippen LogP contribution in [0.25, 0.3) is 4.83 Å². The summed E-state index contributed by atoms with van der Waals surface area (Å²) in [6.07, 6.45) is 3.55. The fraction of sp³-hybridized carbons (Fsp3) is 0.474. The van der Waals surface area contributed by atoms with Crippen molar-refractivity contribution in [2.24, 2.45) is 0 Å². The molecule has 0 bridgehead atoms. The van der Waals surface area contributed by atoms with Crippen LogP contribution in [0.2, 0.25) is 0 Å². The summed E-state index contributed by atoms with van der Waals surface area (Å²) in [7, 11) is 0. The highest BCUT2D eigenvalue weighted by atomic mass is 32.1. The minimum absolute atomic E-state index is 0.0408. The lowest BCUT2D eigenvalue weighted by atomic mass is 9.93. The Morgan fingerprint density at radius 2 is 1.88 bits per heavy atom. The molecule has 0 radical (unpaired) electrons. The van der Waals surface area contributed by atoms with E-state index in [-0.39, 0.29) is 5.91 Å². The molecule has 0 aliphatic carbocycles. The van der Waals surface area contributed by atoms with Crippen LogP contribution < -0.4 is 0 Å². The van der Waals surface area contributed by atoms with Crippen molar-refractivity contribution < 1.29 is 4.79 Å². The number of fused-ring (bicyclic) bond motifs is 1. The maximum atomic E-state index is 12.8. The molecular formula is C19H23N5OS. The monoisotopic (exact) mass is 369 g/mol. The molecule has 3 aromatic heterocycles. The van der Waals surface area contributed by atoms with Crippen LogP contribution >= 0.6 is 11.3 Å². The van der Waals surface area contributed by atoms with Crippen LogP contribution in [0.4, 0.5) is 0 Å². The number of amides is 1. The number of carbonyl (C=O) groups is 1. The Morgan fingerprint density at radius 3 is 2.58 bits per heavy atom. The Bertz CT molecular complexity index is 981. The third kappa shape index (κ3) is 2.80.